The van der Waals surface area contributed by atoms with E-state index in [4.69, 9.17) is 36.4 Å². The van der Waals surface area contributed by atoms with Gasteiger partial charge in [-0.05, 0) is 56.1 Å². The number of aromatic nitrogens is 2. The van der Waals surface area contributed by atoms with Gasteiger partial charge in [-0.15, -0.1) is 0 Å². The summed E-state index contributed by atoms with van der Waals surface area (Å²) in [6.07, 6.45) is 3.62. The Labute approximate surface area is 199 Å². The first kappa shape index (κ1) is 22.0. The molecular formula is C23H30N6O3S. The Hall–Kier alpha value is -2.85. The number of morpholine rings is 1. The van der Waals surface area contributed by atoms with Gasteiger partial charge in [0.05, 0.1) is 13.2 Å². The van der Waals surface area contributed by atoms with Crippen molar-refractivity contribution in [1.29, 1.82) is 0 Å². The van der Waals surface area contributed by atoms with Gasteiger partial charge in [-0.25, -0.2) is 0 Å². The molecule has 5 rings (SSSR count). The van der Waals surface area contributed by atoms with Crippen LogP contribution in [0.3, 0.4) is 0 Å². The summed E-state index contributed by atoms with van der Waals surface area (Å²) in [6.45, 7) is 7.14. The molecule has 3 aliphatic heterocycles. The molecule has 2 aromatic rings. The van der Waals surface area contributed by atoms with Gasteiger partial charge in [-0.2, -0.15) is 9.97 Å². The van der Waals surface area contributed by atoms with E-state index in [1.165, 1.54) is 19.3 Å². The largest absolute Gasteiger partial charge is 0.454 e. The maximum atomic E-state index is 5.55. The van der Waals surface area contributed by atoms with Gasteiger partial charge < -0.3 is 34.6 Å². The summed E-state index contributed by atoms with van der Waals surface area (Å²) >= 11 is 5.55. The van der Waals surface area contributed by atoms with Crippen LogP contribution in [0.25, 0.3) is 0 Å². The molecule has 0 saturated carbocycles. The number of thiocarbonyl (C=S) groups is 1. The van der Waals surface area contributed by atoms with Crippen molar-refractivity contribution in [2.75, 3.05) is 54.8 Å². The Morgan fingerprint density at radius 2 is 1.88 bits per heavy atom. The first-order chi connectivity index (χ1) is 16.2. The number of fused-ring (bicyclic) bond motifs is 1. The van der Waals surface area contributed by atoms with Gasteiger partial charge >= 0.3 is 0 Å². The van der Waals surface area contributed by atoms with Crippen molar-refractivity contribution in [2.24, 2.45) is 0 Å². The van der Waals surface area contributed by atoms with Gasteiger partial charge in [0.2, 0.25) is 12.7 Å². The van der Waals surface area contributed by atoms with Crippen LogP contribution < -0.4 is 29.9 Å². The maximum absolute atomic E-state index is 5.55. The molecular weight excluding hydrogens is 440 g/mol. The first-order valence-electron chi connectivity index (χ1n) is 11.6. The topological polar surface area (TPSA) is 84.0 Å². The third-order valence-electron chi connectivity index (χ3n) is 6.25. The second-order valence-corrected chi connectivity index (χ2v) is 8.95. The standard InChI is InChI=1S/C23H30N6O3S/c1-16-4-2-3-7-29(16)21-13-20(28-8-10-30-11-9-28)25-22(26-21)27-23(33)24-14-17-5-6-18-19(12-17)32-15-31-18/h5-6,12-13,16H,2-4,7-11,14-15H2,1H3,(H2,24,25,26,27,33)/t16-/m1/s1. The quantitative estimate of drug-likeness (QED) is 0.637. The van der Waals surface area contributed by atoms with Crippen LogP contribution in [0.15, 0.2) is 24.3 Å². The molecule has 33 heavy (non-hydrogen) atoms. The number of hydrogen-bond donors (Lipinski definition) is 2. The highest BCUT2D eigenvalue weighted by Crippen LogP contribution is 2.32. The smallest absolute Gasteiger partial charge is 0.232 e. The van der Waals surface area contributed by atoms with Crippen LogP contribution in [-0.2, 0) is 11.3 Å². The average molecular weight is 471 g/mol. The first-order valence-corrected chi connectivity index (χ1v) is 12.0. The molecule has 2 fully saturated rings. The van der Waals surface area contributed by atoms with Gasteiger partial charge in [0.25, 0.3) is 0 Å². The fourth-order valence-electron chi connectivity index (χ4n) is 4.40. The van der Waals surface area contributed by atoms with Gasteiger partial charge in [-0.3, -0.25) is 0 Å². The molecule has 2 N–H and O–H groups in total. The highest BCUT2D eigenvalue weighted by molar-refractivity contribution is 7.80. The number of ether oxygens (including phenoxy) is 3. The van der Waals surface area contributed by atoms with E-state index < -0.39 is 0 Å². The van der Waals surface area contributed by atoms with Crippen molar-refractivity contribution in [3.05, 3.63) is 29.8 Å². The van der Waals surface area contributed by atoms with Gasteiger partial charge in [-0.1, -0.05) is 6.07 Å². The van der Waals surface area contributed by atoms with Crippen LogP contribution in [-0.4, -0.2) is 60.8 Å². The summed E-state index contributed by atoms with van der Waals surface area (Å²) in [5, 5.41) is 6.91. The zero-order valence-corrected chi connectivity index (χ0v) is 19.7. The van der Waals surface area contributed by atoms with E-state index in [0.29, 0.717) is 36.9 Å². The average Bonchev–Trinajstić information content (AvgIpc) is 3.31. The van der Waals surface area contributed by atoms with Crippen LogP contribution >= 0.6 is 12.2 Å². The third kappa shape index (κ3) is 5.22. The normalized spacial score (nSPS) is 20.0. The molecule has 4 heterocycles. The van der Waals surface area contributed by atoms with E-state index in [-0.39, 0.29) is 6.79 Å². The SMILES string of the molecule is C[C@@H]1CCCCN1c1cc(N2CCOCC2)nc(NC(=S)NCc2ccc3c(c2)OCO3)n1. The summed E-state index contributed by atoms with van der Waals surface area (Å²) in [6, 6.07) is 8.42. The number of rotatable bonds is 5. The molecule has 3 aliphatic rings. The molecule has 2 saturated heterocycles. The zero-order chi connectivity index (χ0) is 22.6. The van der Waals surface area contributed by atoms with Crippen LogP contribution in [0.5, 0.6) is 11.5 Å². The minimum atomic E-state index is 0.265. The molecule has 0 amide bonds. The molecule has 176 valence electrons. The molecule has 0 radical (unpaired) electrons. The fraction of sp³-hybridized carbons (Fsp3) is 0.522. The zero-order valence-electron chi connectivity index (χ0n) is 18.9. The van der Waals surface area contributed by atoms with E-state index in [9.17, 15) is 0 Å². The minimum Gasteiger partial charge on any atom is -0.454 e. The number of benzene rings is 1. The lowest BCUT2D eigenvalue weighted by molar-refractivity contribution is 0.122. The van der Waals surface area contributed by atoms with Crippen molar-refractivity contribution in [2.45, 2.75) is 38.8 Å². The molecule has 10 heteroatoms. The van der Waals surface area contributed by atoms with Crippen LogP contribution in [0.4, 0.5) is 17.6 Å². The highest BCUT2D eigenvalue weighted by atomic mass is 32.1. The summed E-state index contributed by atoms with van der Waals surface area (Å²) < 4.78 is 16.4. The van der Waals surface area contributed by atoms with Crippen molar-refractivity contribution < 1.29 is 14.2 Å². The van der Waals surface area contributed by atoms with Gasteiger partial charge in [0.1, 0.15) is 11.6 Å². The molecule has 1 aromatic heterocycles. The third-order valence-corrected chi connectivity index (χ3v) is 6.49. The second-order valence-electron chi connectivity index (χ2n) is 8.54. The summed E-state index contributed by atoms with van der Waals surface area (Å²) in [5.74, 6) is 3.89. The molecule has 0 bridgehead atoms. The Balaban J connectivity index is 1.30. The Morgan fingerprint density at radius 1 is 1.06 bits per heavy atom. The predicted octanol–water partition coefficient (Wildman–Crippen LogP) is 2.91. The number of piperidine rings is 1. The van der Waals surface area contributed by atoms with Gasteiger partial charge in [0, 0.05) is 38.3 Å². The van der Waals surface area contributed by atoms with E-state index in [0.717, 1.165) is 48.3 Å². The summed E-state index contributed by atoms with van der Waals surface area (Å²) in [7, 11) is 0. The lowest BCUT2D eigenvalue weighted by atomic mass is 10.0. The molecule has 1 aromatic carbocycles. The Kier molecular flexibility index (Phi) is 6.63. The molecule has 0 spiro atoms. The monoisotopic (exact) mass is 470 g/mol. The van der Waals surface area contributed by atoms with E-state index in [1.807, 2.05) is 18.2 Å². The lowest BCUT2D eigenvalue weighted by Gasteiger charge is -2.35. The summed E-state index contributed by atoms with van der Waals surface area (Å²) in [5.41, 5.74) is 1.05. The van der Waals surface area contributed by atoms with Crippen LogP contribution in [0.2, 0.25) is 0 Å². The van der Waals surface area contributed by atoms with Crippen molar-refractivity contribution in [1.82, 2.24) is 15.3 Å². The molecule has 0 unspecified atom stereocenters. The van der Waals surface area contributed by atoms with Crippen LogP contribution in [0.1, 0.15) is 31.7 Å². The number of hydrogen-bond acceptors (Lipinski definition) is 8. The maximum Gasteiger partial charge on any atom is 0.232 e. The van der Waals surface area contributed by atoms with Crippen LogP contribution in [0, 0.1) is 0 Å². The number of anilines is 3. The van der Waals surface area contributed by atoms with E-state index >= 15 is 0 Å². The fourth-order valence-corrected chi connectivity index (χ4v) is 4.56. The predicted molar refractivity (Wildman–Crippen MR) is 131 cm³/mol. The second kappa shape index (κ2) is 9.96. The number of nitrogens with zero attached hydrogens (tertiary/aromatic N) is 4. The van der Waals surface area contributed by atoms with E-state index in [1.54, 1.807) is 0 Å². The summed E-state index contributed by atoms with van der Waals surface area (Å²) in [4.78, 5) is 14.2. The van der Waals surface area contributed by atoms with Crippen molar-refractivity contribution >= 4 is 34.9 Å². The Bertz CT molecular complexity index is 1000. The Morgan fingerprint density at radius 3 is 2.73 bits per heavy atom. The van der Waals surface area contributed by atoms with Crippen molar-refractivity contribution in [3.8, 4) is 11.5 Å². The number of nitrogens with one attached hydrogen (secondary N) is 2. The highest BCUT2D eigenvalue weighted by Gasteiger charge is 2.23. The van der Waals surface area contributed by atoms with E-state index in [2.05, 4.69) is 33.4 Å². The molecule has 1 atom stereocenters. The van der Waals surface area contributed by atoms with Crippen molar-refractivity contribution in [3.63, 3.8) is 0 Å². The molecule has 9 nitrogen and oxygen atoms in total. The lowest BCUT2D eigenvalue weighted by Crippen LogP contribution is -2.40. The molecule has 0 aliphatic carbocycles. The van der Waals surface area contributed by atoms with Gasteiger partial charge in [0.15, 0.2) is 16.6 Å². The minimum absolute atomic E-state index is 0.265.